The highest BCUT2D eigenvalue weighted by Gasteiger charge is 2.23. The van der Waals surface area contributed by atoms with Crippen molar-refractivity contribution in [2.45, 2.75) is 38.8 Å². The summed E-state index contributed by atoms with van der Waals surface area (Å²) in [6, 6.07) is 4.13. The Kier molecular flexibility index (Phi) is 8.25. The molecule has 0 aliphatic rings. The Morgan fingerprint density at radius 2 is 1.70 bits per heavy atom. The van der Waals surface area contributed by atoms with Gasteiger partial charge < -0.3 is 18.8 Å². The summed E-state index contributed by atoms with van der Waals surface area (Å²) >= 11 is 3.35. The predicted molar refractivity (Wildman–Crippen MR) is 145 cm³/mol. The molecule has 1 aromatic carbocycles. The molecule has 4 rings (SSSR count). The molecule has 0 atom stereocenters. The molecule has 0 saturated carbocycles. The van der Waals surface area contributed by atoms with Gasteiger partial charge in [0.15, 0.2) is 23.1 Å². The first-order valence-corrected chi connectivity index (χ1v) is 16.2. The lowest BCUT2D eigenvalue weighted by Crippen LogP contribution is -2.22. The van der Waals surface area contributed by atoms with E-state index < -0.39 is 19.7 Å². The van der Waals surface area contributed by atoms with Gasteiger partial charge in [0.2, 0.25) is 0 Å². The molecule has 196 valence electrons. The zero-order valence-corrected chi connectivity index (χ0v) is 24.0. The number of ether oxygens (including phenoxy) is 3. The highest BCUT2D eigenvalue weighted by atomic mass is 79.9. The van der Waals surface area contributed by atoms with Gasteiger partial charge in [-0.15, -0.1) is 0 Å². The zero-order chi connectivity index (χ0) is 26.7. The Bertz CT molecular complexity index is 1400. The fourth-order valence-electron chi connectivity index (χ4n) is 3.93. The van der Waals surface area contributed by atoms with Crippen molar-refractivity contribution >= 4 is 35.0 Å². The van der Waals surface area contributed by atoms with Crippen LogP contribution in [0.4, 0.5) is 8.78 Å². The first-order chi connectivity index (χ1) is 17.6. The monoisotopic (exact) mass is 590 g/mol. The van der Waals surface area contributed by atoms with E-state index >= 15 is 8.78 Å². The quantitative estimate of drug-likeness (QED) is 0.156. The topological polar surface area (TPSA) is 71.3 Å². The van der Waals surface area contributed by atoms with Gasteiger partial charge in [0.25, 0.3) is 0 Å². The number of fused-ring (bicyclic) bond motifs is 1. The second-order valence-corrected chi connectivity index (χ2v) is 16.3. The van der Waals surface area contributed by atoms with E-state index in [4.69, 9.17) is 14.2 Å². The maximum absolute atomic E-state index is 15.2. The molecular formula is C26H29BrF2N4O3Si. The van der Waals surface area contributed by atoms with Crippen molar-refractivity contribution in [3.8, 4) is 22.8 Å². The highest BCUT2D eigenvalue weighted by Crippen LogP contribution is 2.35. The predicted octanol–water partition coefficient (Wildman–Crippen LogP) is 6.45. The van der Waals surface area contributed by atoms with Crippen molar-refractivity contribution in [1.29, 1.82) is 0 Å². The average Bonchev–Trinajstić information content (AvgIpc) is 3.20. The normalized spacial score (nSPS) is 11.8. The fraction of sp³-hybridized carbons (Fsp3) is 0.346. The second-order valence-electron chi connectivity index (χ2n) is 9.86. The third-order valence-corrected chi connectivity index (χ3v) is 8.04. The molecule has 0 fully saturated rings. The third kappa shape index (κ3) is 6.16. The number of aromatic nitrogens is 4. The van der Waals surface area contributed by atoms with E-state index in [2.05, 4.69) is 50.5 Å². The summed E-state index contributed by atoms with van der Waals surface area (Å²) in [4.78, 5) is 13.3. The number of pyridine rings is 1. The maximum atomic E-state index is 15.2. The molecule has 0 radical (unpaired) electrons. The minimum absolute atomic E-state index is 0.0427. The molecule has 3 aromatic heterocycles. The number of nitrogens with zero attached hydrogens (tertiary/aromatic N) is 4. The van der Waals surface area contributed by atoms with E-state index in [0.717, 1.165) is 17.0 Å². The standard InChI is InChI=1S/C26H29BrF2N4O3Si/c1-34-21-10-22(35-2)25(29)19(24(21)28)9-17-14-33(15-36-6-7-37(3,4)5)26-18(17)8-16(11-31-26)20-12-30-13-23(27)32-20/h8,10-14H,6-7,9,15H2,1-5H3. The van der Waals surface area contributed by atoms with Crippen LogP contribution in [-0.2, 0) is 17.9 Å². The van der Waals surface area contributed by atoms with Gasteiger partial charge >= 0.3 is 0 Å². The lowest BCUT2D eigenvalue weighted by Gasteiger charge is -2.15. The first kappa shape index (κ1) is 27.1. The Morgan fingerprint density at radius 3 is 2.32 bits per heavy atom. The number of hydrogen-bond acceptors (Lipinski definition) is 6. The van der Waals surface area contributed by atoms with Crippen LogP contribution in [0.5, 0.6) is 11.5 Å². The van der Waals surface area contributed by atoms with Crippen LogP contribution < -0.4 is 9.47 Å². The number of halogens is 3. The van der Waals surface area contributed by atoms with Crippen LogP contribution in [0.25, 0.3) is 22.3 Å². The van der Waals surface area contributed by atoms with E-state index in [1.807, 2.05) is 16.8 Å². The molecule has 37 heavy (non-hydrogen) atoms. The highest BCUT2D eigenvalue weighted by molar-refractivity contribution is 9.10. The second kappa shape index (κ2) is 11.2. The molecule has 11 heteroatoms. The molecule has 0 saturated heterocycles. The van der Waals surface area contributed by atoms with Crippen molar-refractivity contribution in [1.82, 2.24) is 19.5 Å². The summed E-state index contributed by atoms with van der Waals surface area (Å²) in [7, 11) is 1.41. The van der Waals surface area contributed by atoms with E-state index in [-0.39, 0.29) is 30.2 Å². The number of hydrogen-bond donors (Lipinski definition) is 0. The summed E-state index contributed by atoms with van der Waals surface area (Å²) in [5.74, 6) is -1.71. The van der Waals surface area contributed by atoms with Gasteiger partial charge in [0, 0.05) is 56.1 Å². The summed E-state index contributed by atoms with van der Waals surface area (Å²) in [5.41, 5.74) is 2.51. The molecule has 0 aliphatic carbocycles. The van der Waals surface area contributed by atoms with Crippen molar-refractivity contribution in [3.05, 3.63) is 64.3 Å². The average molecular weight is 592 g/mol. The maximum Gasteiger partial charge on any atom is 0.171 e. The van der Waals surface area contributed by atoms with Crippen LogP contribution >= 0.6 is 15.9 Å². The lowest BCUT2D eigenvalue weighted by atomic mass is 10.0. The molecule has 0 N–H and O–H groups in total. The molecule has 0 unspecified atom stereocenters. The van der Waals surface area contributed by atoms with Crippen molar-refractivity contribution in [2.24, 2.45) is 0 Å². The third-order valence-electron chi connectivity index (χ3n) is 5.96. The molecule has 3 heterocycles. The van der Waals surface area contributed by atoms with Crippen LogP contribution in [0.3, 0.4) is 0 Å². The largest absolute Gasteiger partial charge is 0.494 e. The number of benzene rings is 1. The van der Waals surface area contributed by atoms with E-state index in [9.17, 15) is 0 Å². The van der Waals surface area contributed by atoms with E-state index in [0.29, 0.717) is 28.1 Å². The molecular weight excluding hydrogens is 562 g/mol. The van der Waals surface area contributed by atoms with Crippen LogP contribution in [0.1, 0.15) is 11.1 Å². The van der Waals surface area contributed by atoms with Gasteiger partial charge in [-0.25, -0.2) is 18.7 Å². The first-order valence-electron chi connectivity index (χ1n) is 11.7. The van der Waals surface area contributed by atoms with Crippen LogP contribution in [0.2, 0.25) is 25.7 Å². The van der Waals surface area contributed by atoms with Gasteiger partial charge in [0.1, 0.15) is 17.0 Å². The SMILES string of the molecule is COc1cc(OC)c(F)c(Cc2cn(COCC[Si](C)(C)C)c3ncc(-c4cncc(Br)n4)cc23)c1F. The van der Waals surface area contributed by atoms with Crippen molar-refractivity contribution in [3.63, 3.8) is 0 Å². The summed E-state index contributed by atoms with van der Waals surface area (Å²) in [6.07, 6.45) is 6.72. The molecule has 0 amide bonds. The van der Waals surface area contributed by atoms with Crippen LogP contribution in [0.15, 0.2) is 41.5 Å². The fourth-order valence-corrected chi connectivity index (χ4v) is 4.99. The Labute approximate surface area is 224 Å². The van der Waals surface area contributed by atoms with Crippen LogP contribution in [-0.4, -0.2) is 48.4 Å². The molecule has 4 aromatic rings. The zero-order valence-electron chi connectivity index (χ0n) is 21.4. The van der Waals surface area contributed by atoms with E-state index in [1.54, 1.807) is 18.6 Å². The molecule has 0 spiro atoms. The van der Waals surface area contributed by atoms with Gasteiger partial charge in [0.05, 0.1) is 32.3 Å². The minimum Gasteiger partial charge on any atom is -0.494 e. The van der Waals surface area contributed by atoms with Gasteiger partial charge in [-0.2, -0.15) is 0 Å². The summed E-state index contributed by atoms with van der Waals surface area (Å²) < 4.78 is 49.1. The molecule has 0 bridgehead atoms. The lowest BCUT2D eigenvalue weighted by molar-refractivity contribution is 0.0898. The Hall–Kier alpha value is -2.89. The van der Waals surface area contributed by atoms with Gasteiger partial charge in [-0.1, -0.05) is 19.6 Å². The van der Waals surface area contributed by atoms with Crippen molar-refractivity contribution in [2.75, 3.05) is 20.8 Å². The van der Waals surface area contributed by atoms with E-state index in [1.165, 1.54) is 20.3 Å². The van der Waals surface area contributed by atoms with Crippen LogP contribution in [0, 0.1) is 11.6 Å². The smallest absolute Gasteiger partial charge is 0.171 e. The van der Waals surface area contributed by atoms with Gasteiger partial charge in [-0.3, -0.25) is 4.98 Å². The van der Waals surface area contributed by atoms with Crippen molar-refractivity contribution < 1.29 is 23.0 Å². The number of rotatable bonds is 10. The molecule has 7 nitrogen and oxygen atoms in total. The number of methoxy groups -OCH3 is 2. The Balaban J connectivity index is 1.78. The minimum atomic E-state index is -1.25. The van der Waals surface area contributed by atoms with Gasteiger partial charge in [-0.05, 0) is 33.6 Å². The summed E-state index contributed by atoms with van der Waals surface area (Å²) in [6.45, 7) is 7.78. The molecule has 0 aliphatic heterocycles. The Morgan fingerprint density at radius 1 is 1.00 bits per heavy atom. The summed E-state index contributed by atoms with van der Waals surface area (Å²) in [5, 5.41) is 0.730.